The van der Waals surface area contributed by atoms with E-state index >= 15 is 0 Å². The minimum Gasteiger partial charge on any atom is -0.492 e. The molecule has 4 N–H and O–H groups in total. The molecular weight excluding hydrogens is 1140 g/mol. The highest BCUT2D eigenvalue weighted by Crippen LogP contribution is 2.58. The number of esters is 2. The maximum Gasteiger partial charge on any atom is 0.345 e. The first kappa shape index (κ1) is 55.4. The summed E-state index contributed by atoms with van der Waals surface area (Å²) in [5, 5.41) is 0. The fourth-order valence-corrected chi connectivity index (χ4v) is 8.87. The molecule has 0 saturated heterocycles. The molecular formula is C34H48I2O22S4. The van der Waals surface area contributed by atoms with E-state index in [1.165, 1.54) is 0 Å². The Morgan fingerprint density at radius 3 is 0.935 bits per heavy atom. The molecule has 0 amide bonds. The maximum atomic E-state index is 13.9. The summed E-state index contributed by atoms with van der Waals surface area (Å²) in [4.78, 5) is 27.8. The van der Waals surface area contributed by atoms with Crippen molar-refractivity contribution >= 4 is 97.6 Å². The van der Waals surface area contributed by atoms with Crippen LogP contribution in [0, 0.1) is 7.14 Å². The first-order valence-corrected chi connectivity index (χ1v) is 26.9. The number of hydrogen-bond acceptors (Lipinski definition) is 18. The molecule has 354 valence electrons. The number of ether oxygens (including phenoxy) is 8. The number of methoxy groups -OCH3 is 2. The van der Waals surface area contributed by atoms with E-state index in [9.17, 15) is 61.5 Å². The van der Waals surface area contributed by atoms with Gasteiger partial charge in [-0.05, 0) is 83.7 Å². The number of benzene rings is 2. The Bertz CT molecular complexity index is 2300. The van der Waals surface area contributed by atoms with Crippen LogP contribution >= 0.6 is 45.2 Å². The van der Waals surface area contributed by atoms with E-state index in [-0.39, 0.29) is 85.9 Å². The Balaban J connectivity index is 3.41. The summed E-state index contributed by atoms with van der Waals surface area (Å²) in [6, 6.07) is 0. The predicted octanol–water partition coefficient (Wildman–Crippen LogP) is 4.34. The van der Waals surface area contributed by atoms with E-state index in [0.717, 1.165) is 14.2 Å². The molecule has 0 unspecified atom stereocenters. The normalized spacial score (nSPS) is 12.1. The van der Waals surface area contributed by atoms with Crippen LogP contribution in [0.1, 0.15) is 73.1 Å². The van der Waals surface area contributed by atoms with Crippen molar-refractivity contribution in [3.63, 3.8) is 0 Å². The summed E-state index contributed by atoms with van der Waals surface area (Å²) in [5.41, 5.74) is -1.36. The molecule has 0 radical (unpaired) electrons. The zero-order chi connectivity index (χ0) is 47.1. The van der Waals surface area contributed by atoms with Crippen LogP contribution in [-0.2, 0) is 49.9 Å². The van der Waals surface area contributed by atoms with Gasteiger partial charge in [0.1, 0.15) is 34.1 Å². The molecule has 0 heterocycles. The van der Waals surface area contributed by atoms with E-state index in [2.05, 4.69) is 0 Å². The zero-order valence-corrected chi connectivity index (χ0v) is 41.4. The minimum absolute atomic E-state index is 0.0162. The van der Waals surface area contributed by atoms with Gasteiger partial charge in [0.2, 0.25) is 0 Å². The fourth-order valence-electron chi connectivity index (χ4n) is 5.24. The summed E-state index contributed by atoms with van der Waals surface area (Å²) in [7, 11) is -15.9. The molecule has 0 aliphatic rings. The van der Waals surface area contributed by atoms with Crippen molar-refractivity contribution in [3.8, 4) is 45.6 Å². The van der Waals surface area contributed by atoms with E-state index in [1.54, 1.807) is 59.0 Å². The molecule has 0 spiro atoms. The quantitative estimate of drug-likeness (QED) is 0.0381. The average Bonchev–Trinajstić information content (AvgIpc) is 3.16. The van der Waals surface area contributed by atoms with Crippen molar-refractivity contribution in [2.45, 2.75) is 52.4 Å². The summed E-state index contributed by atoms with van der Waals surface area (Å²) >= 11 is 3.48. The Morgan fingerprint density at radius 1 is 0.435 bits per heavy atom. The van der Waals surface area contributed by atoms with Gasteiger partial charge in [-0.3, -0.25) is 18.2 Å². The van der Waals surface area contributed by atoms with E-state index < -0.39 is 119 Å². The van der Waals surface area contributed by atoms with Crippen LogP contribution in [0.25, 0.3) is 11.1 Å². The van der Waals surface area contributed by atoms with Gasteiger partial charge in [-0.15, -0.1) is 0 Å². The van der Waals surface area contributed by atoms with Crippen molar-refractivity contribution < 1.29 is 99.4 Å². The van der Waals surface area contributed by atoms with Crippen molar-refractivity contribution in [1.82, 2.24) is 0 Å². The second kappa shape index (κ2) is 25.1. The number of rotatable bonds is 29. The number of carbonyl (C=O) groups excluding carboxylic acids is 2. The van der Waals surface area contributed by atoms with Crippen LogP contribution in [0.4, 0.5) is 0 Å². The van der Waals surface area contributed by atoms with Gasteiger partial charge in [0.25, 0.3) is 40.5 Å². The van der Waals surface area contributed by atoms with Crippen LogP contribution < -0.4 is 28.4 Å². The van der Waals surface area contributed by atoms with Gasteiger partial charge in [-0.1, -0.05) is 13.8 Å². The molecule has 62 heavy (non-hydrogen) atoms. The molecule has 0 fully saturated rings. The third-order valence-electron chi connectivity index (χ3n) is 7.72. The van der Waals surface area contributed by atoms with E-state index in [1.807, 2.05) is 0 Å². The van der Waals surface area contributed by atoms with Crippen LogP contribution in [-0.4, -0.2) is 141 Å². The maximum absolute atomic E-state index is 13.9. The van der Waals surface area contributed by atoms with Crippen molar-refractivity contribution in [1.29, 1.82) is 0 Å². The van der Waals surface area contributed by atoms with Crippen molar-refractivity contribution in [2.24, 2.45) is 0 Å². The van der Waals surface area contributed by atoms with Crippen molar-refractivity contribution in [3.05, 3.63) is 18.3 Å². The lowest BCUT2D eigenvalue weighted by Crippen LogP contribution is -2.18. The predicted molar refractivity (Wildman–Crippen MR) is 238 cm³/mol. The second-order valence-electron chi connectivity index (χ2n) is 12.7. The van der Waals surface area contributed by atoms with Gasteiger partial charge < -0.3 is 37.9 Å². The lowest BCUT2D eigenvalue weighted by molar-refractivity contribution is 0.0580. The molecule has 0 aliphatic heterocycles. The Labute approximate surface area is 387 Å². The van der Waals surface area contributed by atoms with E-state index in [0.29, 0.717) is 12.8 Å². The molecule has 0 bridgehead atoms. The Morgan fingerprint density at radius 2 is 0.677 bits per heavy atom. The lowest BCUT2D eigenvalue weighted by atomic mass is 9.94. The van der Waals surface area contributed by atoms with Crippen LogP contribution in [0.3, 0.4) is 0 Å². The first-order valence-electron chi connectivity index (χ1n) is 18.4. The Hall–Kier alpha value is -2.72. The topological polar surface area (TPSA) is 325 Å². The van der Waals surface area contributed by atoms with Crippen LogP contribution in [0.2, 0.25) is 0 Å². The molecule has 28 heteroatoms. The molecule has 2 aromatic carbocycles. The average molecular weight is 1190 g/mol. The molecule has 2 aromatic rings. The third-order valence-corrected chi connectivity index (χ3v) is 12.9. The largest absolute Gasteiger partial charge is 0.492 e. The minimum atomic E-state index is -4.53. The van der Waals surface area contributed by atoms with Gasteiger partial charge in [0.05, 0.1) is 95.1 Å². The number of carbonyl (C=O) groups is 2. The highest BCUT2D eigenvalue weighted by Gasteiger charge is 2.39. The summed E-state index contributed by atoms with van der Waals surface area (Å²) in [6.07, 6.45) is -0.586. The fraction of sp³-hybridized carbons (Fsp3) is 0.588. The first-order chi connectivity index (χ1) is 28.8. The summed E-state index contributed by atoms with van der Waals surface area (Å²) < 4.78 is 177. The van der Waals surface area contributed by atoms with Gasteiger partial charge in [-0.2, -0.15) is 33.7 Å². The third kappa shape index (κ3) is 17.7. The van der Waals surface area contributed by atoms with Gasteiger partial charge in [0, 0.05) is 0 Å². The molecule has 0 aromatic heterocycles. The standard InChI is InChI=1S/C34H48I2O22S4/c1-5-11-53-27-21(30(56-14-8-18-60(42,43)44)26(36)31(23(27)33(37)51-3)57-15-9-19-61(45,46)47)22-28(55-13-7-17-59(39,40)41)24(34(38)52-4)32(25(35)29(22)54-12-6-2)58-16-10-20-62(48,49)50/h5-20H2,1-4H3,(H,39,40,41)(H,42,43,44)(H,45,46,47)(H,48,49,50). The summed E-state index contributed by atoms with van der Waals surface area (Å²) in [6.45, 7) is 1.45. The molecule has 0 saturated carbocycles. The summed E-state index contributed by atoms with van der Waals surface area (Å²) in [5.74, 6) is -7.06. The molecule has 0 aliphatic carbocycles. The number of hydrogen-bond donors (Lipinski definition) is 4. The zero-order valence-electron chi connectivity index (χ0n) is 33.8. The molecule has 2 rings (SSSR count). The van der Waals surface area contributed by atoms with Crippen molar-refractivity contribution in [2.75, 3.05) is 76.9 Å². The van der Waals surface area contributed by atoms with Gasteiger partial charge in [0.15, 0.2) is 11.5 Å². The van der Waals surface area contributed by atoms with Crippen LogP contribution in [0.5, 0.6) is 34.5 Å². The van der Waals surface area contributed by atoms with Gasteiger partial charge >= 0.3 is 11.9 Å². The lowest BCUT2D eigenvalue weighted by Gasteiger charge is -2.28. The molecule has 22 nitrogen and oxygen atoms in total. The second-order valence-corrected chi connectivity index (χ2v) is 21.2. The smallest absolute Gasteiger partial charge is 0.345 e. The SMILES string of the molecule is CCCOc1c(I)c(OCCCS(=O)(=O)O)c(C(=O)OC)c(OCCCS(=O)(=O)O)c1-c1c(OCCCS(=O)(=O)O)c(I)c(OCCCS(=O)(=O)O)c(C(=O)OC)c1OCCC. The highest BCUT2D eigenvalue weighted by atomic mass is 127. The monoisotopic (exact) mass is 1190 g/mol. The van der Waals surface area contributed by atoms with Crippen LogP contribution in [0.15, 0.2) is 0 Å². The Kier molecular flexibility index (Phi) is 22.4. The van der Waals surface area contributed by atoms with Gasteiger partial charge in [-0.25, -0.2) is 9.59 Å². The van der Waals surface area contributed by atoms with E-state index in [4.69, 9.17) is 37.9 Å². The number of halogens is 2. The highest BCUT2D eigenvalue weighted by molar-refractivity contribution is 14.1. The molecule has 0 atom stereocenters.